The van der Waals surface area contributed by atoms with Gasteiger partial charge in [-0.15, -0.1) is 0 Å². The van der Waals surface area contributed by atoms with Crippen LogP contribution >= 0.6 is 11.8 Å². The topological polar surface area (TPSA) is 46.5 Å². The van der Waals surface area contributed by atoms with E-state index in [4.69, 9.17) is 9.84 Å². The number of rotatable bonds is 9. The van der Waals surface area contributed by atoms with Crippen LogP contribution < -0.4 is 4.74 Å². The predicted octanol–water partition coefficient (Wildman–Crippen LogP) is 3.44. The van der Waals surface area contributed by atoms with Crippen LogP contribution in [0, 0.1) is 5.41 Å². The number of carboxylic acid groups (broad SMARTS) is 1. The molecule has 0 radical (unpaired) electrons. The van der Waals surface area contributed by atoms with Crippen LogP contribution in [0.2, 0.25) is 0 Å². The summed E-state index contributed by atoms with van der Waals surface area (Å²) in [6.45, 7) is 0.725. The molecule has 0 aliphatic heterocycles. The Bertz CT molecular complexity index is 401. The molecule has 1 aromatic rings. The Labute approximate surface area is 118 Å². The van der Waals surface area contributed by atoms with Crippen molar-refractivity contribution in [2.45, 2.75) is 25.7 Å². The van der Waals surface area contributed by atoms with Crippen LogP contribution in [-0.2, 0) is 4.79 Å². The molecule has 104 valence electrons. The van der Waals surface area contributed by atoms with Gasteiger partial charge >= 0.3 is 5.97 Å². The molecule has 4 heteroatoms. The minimum absolute atomic E-state index is 0.108. The zero-order chi connectivity index (χ0) is 13.6. The molecule has 1 N–H and O–H groups in total. The second-order valence-electron chi connectivity index (χ2n) is 5.14. The number of aliphatic carboxylic acids is 1. The van der Waals surface area contributed by atoms with Crippen molar-refractivity contribution < 1.29 is 14.6 Å². The maximum atomic E-state index is 10.7. The maximum absolute atomic E-state index is 10.7. The zero-order valence-corrected chi connectivity index (χ0v) is 11.8. The molecule has 0 heterocycles. The smallest absolute Gasteiger partial charge is 0.303 e. The molecule has 0 unspecified atom stereocenters. The number of para-hydroxylation sites is 1. The highest BCUT2D eigenvalue weighted by Crippen LogP contribution is 2.51. The molecule has 2 rings (SSSR count). The lowest BCUT2D eigenvalue weighted by Gasteiger charge is -2.11. The van der Waals surface area contributed by atoms with E-state index in [9.17, 15) is 4.79 Å². The predicted molar refractivity (Wildman–Crippen MR) is 77.8 cm³/mol. The largest absolute Gasteiger partial charge is 0.494 e. The van der Waals surface area contributed by atoms with Crippen LogP contribution in [-0.4, -0.2) is 29.2 Å². The molecule has 1 aromatic carbocycles. The number of thioether (sulfide) groups is 1. The van der Waals surface area contributed by atoms with Crippen LogP contribution in [0.3, 0.4) is 0 Å². The average molecular weight is 280 g/mol. The molecule has 1 aliphatic rings. The Morgan fingerprint density at radius 2 is 2.05 bits per heavy atom. The van der Waals surface area contributed by atoms with Gasteiger partial charge in [-0.3, -0.25) is 4.79 Å². The van der Waals surface area contributed by atoms with Crippen molar-refractivity contribution in [1.29, 1.82) is 0 Å². The monoisotopic (exact) mass is 280 g/mol. The van der Waals surface area contributed by atoms with Gasteiger partial charge in [0.15, 0.2) is 0 Å². The summed E-state index contributed by atoms with van der Waals surface area (Å²) < 4.78 is 5.61. The third kappa shape index (κ3) is 5.15. The van der Waals surface area contributed by atoms with E-state index in [1.54, 1.807) is 0 Å². The first-order valence-electron chi connectivity index (χ1n) is 6.68. The molecule has 3 nitrogen and oxygen atoms in total. The first kappa shape index (κ1) is 14.3. The van der Waals surface area contributed by atoms with Crippen LogP contribution in [0.15, 0.2) is 30.3 Å². The van der Waals surface area contributed by atoms with Crippen LogP contribution in [0.25, 0.3) is 0 Å². The number of benzene rings is 1. The molecule has 19 heavy (non-hydrogen) atoms. The molecule has 0 atom stereocenters. The zero-order valence-electron chi connectivity index (χ0n) is 11.0. The SMILES string of the molecule is O=C(O)CC1(CSCCCOc2ccccc2)CC1. The number of hydrogen-bond acceptors (Lipinski definition) is 3. The Kier molecular flexibility index (Phi) is 5.14. The summed E-state index contributed by atoms with van der Waals surface area (Å²) in [5.41, 5.74) is 0.108. The quantitative estimate of drug-likeness (QED) is 0.704. The number of ether oxygens (including phenoxy) is 1. The van der Waals surface area contributed by atoms with Gasteiger partial charge in [0.2, 0.25) is 0 Å². The van der Waals surface area contributed by atoms with E-state index in [0.717, 1.165) is 43.1 Å². The van der Waals surface area contributed by atoms with Crippen LogP contribution in [0.4, 0.5) is 0 Å². The second kappa shape index (κ2) is 6.85. The molecule has 0 aromatic heterocycles. The van der Waals surface area contributed by atoms with Crippen molar-refractivity contribution in [3.8, 4) is 5.75 Å². The van der Waals surface area contributed by atoms with Gasteiger partial charge in [-0.2, -0.15) is 11.8 Å². The fraction of sp³-hybridized carbons (Fsp3) is 0.533. The van der Waals surface area contributed by atoms with Crippen molar-refractivity contribution in [1.82, 2.24) is 0 Å². The third-order valence-electron chi connectivity index (χ3n) is 3.34. The Balaban J connectivity index is 1.52. The van der Waals surface area contributed by atoms with E-state index in [0.29, 0.717) is 6.42 Å². The molecule has 0 saturated heterocycles. The average Bonchev–Trinajstić information content (AvgIpc) is 3.14. The fourth-order valence-corrected chi connectivity index (χ4v) is 3.32. The fourth-order valence-electron chi connectivity index (χ4n) is 2.03. The molecule has 1 aliphatic carbocycles. The van der Waals surface area contributed by atoms with Crippen molar-refractivity contribution >= 4 is 17.7 Å². The summed E-state index contributed by atoms with van der Waals surface area (Å²) in [6, 6.07) is 9.82. The summed E-state index contributed by atoms with van der Waals surface area (Å²) in [5.74, 6) is 2.27. The van der Waals surface area contributed by atoms with Gasteiger partial charge in [0.1, 0.15) is 5.75 Å². The molecule has 1 saturated carbocycles. The summed E-state index contributed by atoms with van der Waals surface area (Å²) >= 11 is 1.86. The van der Waals surface area contributed by atoms with E-state index >= 15 is 0 Å². The number of carboxylic acids is 1. The van der Waals surface area contributed by atoms with Crippen LogP contribution in [0.1, 0.15) is 25.7 Å². The number of hydrogen-bond donors (Lipinski definition) is 1. The van der Waals surface area contributed by atoms with Gasteiger partial charge in [0.05, 0.1) is 13.0 Å². The highest BCUT2D eigenvalue weighted by Gasteiger charge is 2.43. The molecular formula is C15H20O3S. The van der Waals surface area contributed by atoms with Crippen LogP contribution in [0.5, 0.6) is 5.75 Å². The van der Waals surface area contributed by atoms with Crippen molar-refractivity contribution in [3.63, 3.8) is 0 Å². The lowest BCUT2D eigenvalue weighted by Crippen LogP contribution is -2.11. The minimum atomic E-state index is -0.662. The Morgan fingerprint density at radius 1 is 1.32 bits per heavy atom. The van der Waals surface area contributed by atoms with E-state index in [2.05, 4.69) is 0 Å². The van der Waals surface area contributed by atoms with Gasteiger partial charge in [-0.25, -0.2) is 0 Å². The highest BCUT2D eigenvalue weighted by atomic mass is 32.2. The molecule has 0 bridgehead atoms. The van der Waals surface area contributed by atoms with E-state index in [1.165, 1.54) is 0 Å². The Morgan fingerprint density at radius 3 is 2.68 bits per heavy atom. The number of carbonyl (C=O) groups is 1. The van der Waals surface area contributed by atoms with Gasteiger partial charge in [-0.05, 0) is 48.3 Å². The van der Waals surface area contributed by atoms with Gasteiger partial charge < -0.3 is 9.84 Å². The summed E-state index contributed by atoms with van der Waals surface area (Å²) in [5, 5.41) is 8.83. The standard InChI is InChI=1S/C15H20O3S/c16-14(17)11-15(7-8-15)12-19-10-4-9-18-13-5-2-1-3-6-13/h1-3,5-6H,4,7-12H2,(H,16,17). The first-order chi connectivity index (χ1) is 9.20. The first-order valence-corrected chi connectivity index (χ1v) is 7.83. The van der Waals surface area contributed by atoms with E-state index in [1.807, 2.05) is 42.1 Å². The van der Waals surface area contributed by atoms with E-state index in [-0.39, 0.29) is 5.41 Å². The van der Waals surface area contributed by atoms with Gasteiger partial charge in [-0.1, -0.05) is 18.2 Å². The normalized spacial score (nSPS) is 16.0. The highest BCUT2D eigenvalue weighted by molar-refractivity contribution is 7.99. The maximum Gasteiger partial charge on any atom is 0.303 e. The minimum Gasteiger partial charge on any atom is -0.494 e. The van der Waals surface area contributed by atoms with Crippen molar-refractivity contribution in [2.75, 3.05) is 18.1 Å². The van der Waals surface area contributed by atoms with Crippen molar-refractivity contribution in [2.24, 2.45) is 5.41 Å². The lowest BCUT2D eigenvalue weighted by molar-refractivity contribution is -0.138. The molecular weight excluding hydrogens is 260 g/mol. The molecule has 0 amide bonds. The van der Waals surface area contributed by atoms with Gasteiger partial charge in [0.25, 0.3) is 0 Å². The summed E-state index contributed by atoms with van der Waals surface area (Å²) in [4.78, 5) is 10.7. The van der Waals surface area contributed by atoms with Gasteiger partial charge in [0, 0.05) is 0 Å². The molecule has 0 spiro atoms. The second-order valence-corrected chi connectivity index (χ2v) is 6.24. The molecule has 1 fully saturated rings. The Hall–Kier alpha value is -1.16. The lowest BCUT2D eigenvalue weighted by atomic mass is 10.1. The van der Waals surface area contributed by atoms with Crippen molar-refractivity contribution in [3.05, 3.63) is 30.3 Å². The summed E-state index contributed by atoms with van der Waals surface area (Å²) in [6.07, 6.45) is 3.49. The summed E-state index contributed by atoms with van der Waals surface area (Å²) in [7, 11) is 0. The third-order valence-corrected chi connectivity index (χ3v) is 4.73. The van der Waals surface area contributed by atoms with E-state index < -0.39 is 5.97 Å².